The number of fused-ring (bicyclic) bond motifs is 1. The monoisotopic (exact) mass is 152 g/mol. The molecule has 2 unspecified atom stereocenters. The van der Waals surface area contributed by atoms with Crippen molar-refractivity contribution >= 4 is 0 Å². The van der Waals surface area contributed by atoms with Crippen molar-refractivity contribution in [3.63, 3.8) is 0 Å². The Kier molecular flexibility index (Phi) is 1.76. The Morgan fingerprint density at radius 1 is 1.27 bits per heavy atom. The van der Waals surface area contributed by atoms with Gasteiger partial charge in [-0.1, -0.05) is 25.0 Å². The standard InChI is InChI=1S/C10H16O/c11-10-7-3-1-5-9(10)6-2-4-8-10/h1,3,9,11H,2,4-8H2. The van der Waals surface area contributed by atoms with Gasteiger partial charge in [-0.25, -0.2) is 0 Å². The molecule has 62 valence electrons. The molecule has 1 nitrogen and oxygen atoms in total. The van der Waals surface area contributed by atoms with Crippen LogP contribution in [-0.2, 0) is 0 Å². The second-order valence-electron chi connectivity index (χ2n) is 3.96. The maximum Gasteiger partial charge on any atom is 0.0713 e. The second-order valence-corrected chi connectivity index (χ2v) is 3.96. The molecule has 0 saturated heterocycles. The van der Waals surface area contributed by atoms with Gasteiger partial charge in [0.05, 0.1) is 5.60 Å². The third-order valence-electron chi connectivity index (χ3n) is 3.23. The van der Waals surface area contributed by atoms with E-state index in [1.807, 2.05) is 0 Å². The molecule has 0 bridgehead atoms. The molecule has 0 aromatic carbocycles. The Labute approximate surface area is 68.1 Å². The van der Waals surface area contributed by atoms with Gasteiger partial charge >= 0.3 is 0 Å². The smallest absolute Gasteiger partial charge is 0.0713 e. The fraction of sp³-hybridized carbons (Fsp3) is 0.800. The van der Waals surface area contributed by atoms with Crippen molar-refractivity contribution in [3.8, 4) is 0 Å². The highest BCUT2D eigenvalue weighted by molar-refractivity contribution is 5.04. The number of hydrogen-bond donors (Lipinski definition) is 1. The van der Waals surface area contributed by atoms with E-state index in [1.165, 1.54) is 19.3 Å². The third kappa shape index (κ3) is 1.22. The molecule has 0 spiro atoms. The van der Waals surface area contributed by atoms with Gasteiger partial charge < -0.3 is 5.11 Å². The normalized spacial score (nSPS) is 43.5. The van der Waals surface area contributed by atoms with Crippen LogP contribution in [0.2, 0.25) is 0 Å². The fourth-order valence-electron chi connectivity index (χ4n) is 2.45. The summed E-state index contributed by atoms with van der Waals surface area (Å²) in [5, 5.41) is 10.1. The van der Waals surface area contributed by atoms with Gasteiger partial charge in [0.1, 0.15) is 0 Å². The molecule has 0 amide bonds. The maximum absolute atomic E-state index is 10.1. The third-order valence-corrected chi connectivity index (χ3v) is 3.23. The fourth-order valence-corrected chi connectivity index (χ4v) is 2.45. The summed E-state index contributed by atoms with van der Waals surface area (Å²) < 4.78 is 0. The van der Waals surface area contributed by atoms with Gasteiger partial charge in [-0.15, -0.1) is 0 Å². The highest BCUT2D eigenvalue weighted by Gasteiger charge is 2.38. The summed E-state index contributed by atoms with van der Waals surface area (Å²) >= 11 is 0. The molecule has 11 heavy (non-hydrogen) atoms. The second kappa shape index (κ2) is 2.63. The van der Waals surface area contributed by atoms with Crippen molar-refractivity contribution in [2.45, 2.75) is 44.1 Å². The molecule has 1 heteroatoms. The number of hydrogen-bond acceptors (Lipinski definition) is 1. The largest absolute Gasteiger partial charge is 0.389 e. The molecular formula is C10H16O. The van der Waals surface area contributed by atoms with E-state index in [-0.39, 0.29) is 5.60 Å². The van der Waals surface area contributed by atoms with E-state index in [1.54, 1.807) is 0 Å². The van der Waals surface area contributed by atoms with Crippen LogP contribution in [0.3, 0.4) is 0 Å². The van der Waals surface area contributed by atoms with Crippen LogP contribution in [0.1, 0.15) is 38.5 Å². The molecule has 2 rings (SSSR count). The zero-order valence-corrected chi connectivity index (χ0v) is 6.92. The van der Waals surface area contributed by atoms with Gasteiger partial charge in [0.15, 0.2) is 0 Å². The number of rotatable bonds is 0. The molecule has 2 aliphatic carbocycles. The average Bonchev–Trinajstić information content (AvgIpc) is 2.03. The number of allylic oxidation sites excluding steroid dienone is 1. The molecular weight excluding hydrogens is 136 g/mol. The minimum atomic E-state index is -0.312. The van der Waals surface area contributed by atoms with Crippen LogP contribution >= 0.6 is 0 Å². The van der Waals surface area contributed by atoms with E-state index in [0.717, 1.165) is 19.3 Å². The summed E-state index contributed by atoms with van der Waals surface area (Å²) in [4.78, 5) is 0. The van der Waals surface area contributed by atoms with Gasteiger partial charge in [0.25, 0.3) is 0 Å². The summed E-state index contributed by atoms with van der Waals surface area (Å²) in [7, 11) is 0. The molecule has 0 aliphatic heterocycles. The van der Waals surface area contributed by atoms with Crippen LogP contribution in [0.15, 0.2) is 12.2 Å². The quantitative estimate of drug-likeness (QED) is 0.528. The molecule has 0 radical (unpaired) electrons. The number of aliphatic hydroxyl groups is 1. The zero-order chi connectivity index (χ0) is 7.73. The van der Waals surface area contributed by atoms with E-state index in [2.05, 4.69) is 12.2 Å². The minimum absolute atomic E-state index is 0.312. The molecule has 0 heterocycles. The van der Waals surface area contributed by atoms with Gasteiger partial charge in [-0.2, -0.15) is 0 Å². The summed E-state index contributed by atoms with van der Waals surface area (Å²) in [5.74, 6) is 0.571. The van der Waals surface area contributed by atoms with Crippen molar-refractivity contribution in [2.24, 2.45) is 5.92 Å². The van der Waals surface area contributed by atoms with Crippen molar-refractivity contribution in [2.75, 3.05) is 0 Å². The van der Waals surface area contributed by atoms with Crippen LogP contribution in [0.4, 0.5) is 0 Å². The van der Waals surface area contributed by atoms with E-state index in [4.69, 9.17) is 0 Å². The maximum atomic E-state index is 10.1. The molecule has 2 atom stereocenters. The van der Waals surface area contributed by atoms with Gasteiger partial charge in [-0.3, -0.25) is 0 Å². The van der Waals surface area contributed by atoms with E-state index in [0.29, 0.717) is 5.92 Å². The molecule has 1 fully saturated rings. The van der Waals surface area contributed by atoms with Crippen LogP contribution in [0.5, 0.6) is 0 Å². The lowest BCUT2D eigenvalue weighted by atomic mass is 9.70. The first-order chi connectivity index (χ1) is 5.31. The highest BCUT2D eigenvalue weighted by Crippen LogP contribution is 2.40. The Morgan fingerprint density at radius 3 is 3.00 bits per heavy atom. The SMILES string of the molecule is OC12CC=CCC1CCCC2. The van der Waals surface area contributed by atoms with Crippen LogP contribution in [-0.4, -0.2) is 10.7 Å². The Hall–Kier alpha value is -0.300. The lowest BCUT2D eigenvalue weighted by molar-refractivity contribution is -0.0486. The van der Waals surface area contributed by atoms with Crippen molar-refractivity contribution in [3.05, 3.63) is 12.2 Å². The van der Waals surface area contributed by atoms with Crippen molar-refractivity contribution < 1.29 is 5.11 Å². The van der Waals surface area contributed by atoms with Crippen LogP contribution in [0, 0.1) is 5.92 Å². The topological polar surface area (TPSA) is 20.2 Å². The van der Waals surface area contributed by atoms with Gasteiger partial charge in [0.2, 0.25) is 0 Å². The van der Waals surface area contributed by atoms with Crippen molar-refractivity contribution in [1.82, 2.24) is 0 Å². The van der Waals surface area contributed by atoms with Crippen molar-refractivity contribution in [1.29, 1.82) is 0 Å². The predicted octanol–water partition coefficient (Wildman–Crippen LogP) is 2.26. The van der Waals surface area contributed by atoms with Crippen LogP contribution in [0.25, 0.3) is 0 Å². The summed E-state index contributed by atoms with van der Waals surface area (Å²) in [6, 6.07) is 0. The van der Waals surface area contributed by atoms with E-state index >= 15 is 0 Å². The first-order valence-corrected chi connectivity index (χ1v) is 4.69. The summed E-state index contributed by atoms with van der Waals surface area (Å²) in [6.45, 7) is 0. The average molecular weight is 152 g/mol. The molecule has 0 aromatic heterocycles. The summed E-state index contributed by atoms with van der Waals surface area (Å²) in [5.41, 5.74) is -0.312. The molecule has 2 aliphatic rings. The summed E-state index contributed by atoms with van der Waals surface area (Å²) in [6.07, 6.45) is 11.2. The highest BCUT2D eigenvalue weighted by atomic mass is 16.3. The lowest BCUT2D eigenvalue weighted by Crippen LogP contribution is -2.41. The first kappa shape index (κ1) is 7.35. The predicted molar refractivity (Wildman–Crippen MR) is 45.3 cm³/mol. The van der Waals surface area contributed by atoms with Gasteiger partial charge in [-0.05, 0) is 31.6 Å². The van der Waals surface area contributed by atoms with Gasteiger partial charge in [0, 0.05) is 0 Å². The zero-order valence-electron chi connectivity index (χ0n) is 6.92. The van der Waals surface area contributed by atoms with Crippen LogP contribution < -0.4 is 0 Å². The Bertz CT molecular complexity index is 174. The molecule has 1 N–H and O–H groups in total. The Morgan fingerprint density at radius 2 is 2.18 bits per heavy atom. The van der Waals surface area contributed by atoms with E-state index in [9.17, 15) is 5.11 Å². The lowest BCUT2D eigenvalue weighted by Gasteiger charge is -2.41. The molecule has 0 aromatic rings. The first-order valence-electron chi connectivity index (χ1n) is 4.69. The Balaban J connectivity index is 2.15. The molecule has 1 saturated carbocycles. The van der Waals surface area contributed by atoms with E-state index < -0.39 is 0 Å². The minimum Gasteiger partial charge on any atom is -0.389 e.